The largest absolute Gasteiger partial charge is 0.491 e. The average Bonchev–Trinajstić information content (AvgIpc) is 2.86. The number of halogens is 4. The van der Waals surface area contributed by atoms with Gasteiger partial charge in [-0.1, -0.05) is 24.3 Å². The number of rotatable bonds is 7. The van der Waals surface area contributed by atoms with Gasteiger partial charge in [0.25, 0.3) is 5.92 Å². The van der Waals surface area contributed by atoms with Crippen LogP contribution in [0.3, 0.4) is 0 Å². The maximum absolute atomic E-state index is 15.3. The molecule has 3 fully saturated rings. The zero-order valence-electron chi connectivity index (χ0n) is 21.0. The third-order valence-corrected chi connectivity index (χ3v) is 8.89. The lowest BCUT2D eigenvalue weighted by Gasteiger charge is -2.42. The Balaban J connectivity index is 1.30. The molecule has 0 saturated heterocycles. The Hall–Kier alpha value is -1.78. The van der Waals surface area contributed by atoms with Crippen molar-refractivity contribution < 1.29 is 22.3 Å². The molecule has 2 atom stereocenters. The molecule has 0 spiro atoms. The van der Waals surface area contributed by atoms with E-state index in [1.807, 2.05) is 0 Å². The van der Waals surface area contributed by atoms with Gasteiger partial charge in [-0.25, -0.2) is 13.2 Å². The Bertz CT molecular complexity index is 879. The van der Waals surface area contributed by atoms with Crippen LogP contribution in [0.5, 0.6) is 5.75 Å². The first kappa shape index (κ1) is 26.3. The Morgan fingerprint density at radius 1 is 0.857 bits per heavy atom. The Labute approximate surface area is 208 Å². The lowest BCUT2D eigenvalue weighted by Crippen LogP contribution is -2.40. The van der Waals surface area contributed by atoms with Gasteiger partial charge in [0.1, 0.15) is 0 Å². The van der Waals surface area contributed by atoms with E-state index in [4.69, 9.17) is 4.74 Å². The van der Waals surface area contributed by atoms with Crippen molar-refractivity contribution in [2.75, 3.05) is 6.61 Å². The van der Waals surface area contributed by atoms with E-state index in [9.17, 15) is 8.78 Å². The second-order valence-corrected chi connectivity index (χ2v) is 11.0. The van der Waals surface area contributed by atoms with E-state index in [-0.39, 0.29) is 23.8 Å². The quantitative estimate of drug-likeness (QED) is 0.272. The number of benzene rings is 1. The Kier molecular flexibility index (Phi) is 8.65. The van der Waals surface area contributed by atoms with E-state index in [0.717, 1.165) is 25.7 Å². The summed E-state index contributed by atoms with van der Waals surface area (Å²) in [5, 5.41) is 0. The number of ether oxygens (including phenoxy) is 1. The summed E-state index contributed by atoms with van der Waals surface area (Å²) in [6.45, 7) is 5.82. The molecule has 1 aromatic carbocycles. The van der Waals surface area contributed by atoms with Crippen LogP contribution in [0.15, 0.2) is 36.9 Å². The molecule has 3 aliphatic rings. The van der Waals surface area contributed by atoms with Crippen LogP contribution >= 0.6 is 0 Å². The molecule has 0 bridgehead atoms. The van der Waals surface area contributed by atoms with Crippen molar-refractivity contribution in [2.45, 2.75) is 89.4 Å². The molecule has 0 N–H and O–H groups in total. The van der Waals surface area contributed by atoms with Gasteiger partial charge in [-0.15, -0.1) is 6.58 Å². The van der Waals surface area contributed by atoms with Gasteiger partial charge in [-0.3, -0.25) is 0 Å². The van der Waals surface area contributed by atoms with Crippen molar-refractivity contribution in [1.29, 1.82) is 0 Å². The fourth-order valence-corrected chi connectivity index (χ4v) is 6.78. The highest BCUT2D eigenvalue weighted by molar-refractivity contribution is 5.33. The van der Waals surface area contributed by atoms with Gasteiger partial charge >= 0.3 is 0 Å². The molecule has 0 radical (unpaired) electrons. The van der Waals surface area contributed by atoms with Crippen LogP contribution in [-0.2, 0) is 0 Å². The van der Waals surface area contributed by atoms with Crippen molar-refractivity contribution in [3.05, 3.63) is 54.1 Å². The Morgan fingerprint density at radius 2 is 1.46 bits per heavy atom. The van der Waals surface area contributed by atoms with Crippen LogP contribution in [0, 0.1) is 41.2 Å². The van der Waals surface area contributed by atoms with Crippen LogP contribution in [0.1, 0.15) is 89.0 Å². The van der Waals surface area contributed by atoms with Gasteiger partial charge in [0.2, 0.25) is 5.82 Å². The topological polar surface area (TPSA) is 9.23 Å². The molecule has 0 amide bonds. The van der Waals surface area contributed by atoms with Gasteiger partial charge < -0.3 is 4.74 Å². The van der Waals surface area contributed by atoms with E-state index < -0.39 is 35.8 Å². The summed E-state index contributed by atoms with van der Waals surface area (Å²) in [4.78, 5) is 0. The number of allylic oxidation sites excluding steroid dienone is 3. The van der Waals surface area contributed by atoms with Crippen LogP contribution in [0.2, 0.25) is 0 Å². The highest BCUT2D eigenvalue weighted by Crippen LogP contribution is 2.52. The minimum atomic E-state index is -2.86. The van der Waals surface area contributed by atoms with Gasteiger partial charge in [0.15, 0.2) is 11.6 Å². The summed E-state index contributed by atoms with van der Waals surface area (Å²) in [6, 6.07) is 2.78. The van der Waals surface area contributed by atoms with E-state index in [2.05, 4.69) is 24.8 Å². The SMILES string of the molecule is C=CC1CCC(/C=C/C2CCC(C3CCC(c4ccc(OCC)c(F)c4F)CC3(F)F)CC2)CC1. The minimum absolute atomic E-state index is 0.0144. The predicted molar refractivity (Wildman–Crippen MR) is 133 cm³/mol. The molecular formula is C30H40F4O. The summed E-state index contributed by atoms with van der Waals surface area (Å²) in [6.07, 6.45) is 15.7. The number of hydrogen-bond acceptors (Lipinski definition) is 1. The van der Waals surface area contributed by atoms with Crippen molar-refractivity contribution in [1.82, 2.24) is 0 Å². The first-order valence-electron chi connectivity index (χ1n) is 13.6. The van der Waals surface area contributed by atoms with Gasteiger partial charge in [0.05, 0.1) is 6.61 Å². The first-order chi connectivity index (χ1) is 16.8. The van der Waals surface area contributed by atoms with E-state index in [1.54, 1.807) is 6.92 Å². The van der Waals surface area contributed by atoms with Crippen LogP contribution in [0.25, 0.3) is 0 Å². The third kappa shape index (κ3) is 6.14. The molecule has 2 unspecified atom stereocenters. The molecule has 1 nitrogen and oxygen atoms in total. The lowest BCUT2D eigenvalue weighted by atomic mass is 9.66. The molecule has 194 valence electrons. The van der Waals surface area contributed by atoms with Crippen molar-refractivity contribution >= 4 is 0 Å². The summed E-state index contributed by atoms with van der Waals surface area (Å²) in [5.41, 5.74) is 0.0556. The van der Waals surface area contributed by atoms with E-state index in [1.165, 1.54) is 37.8 Å². The lowest BCUT2D eigenvalue weighted by molar-refractivity contribution is -0.118. The highest BCUT2D eigenvalue weighted by atomic mass is 19.3. The maximum atomic E-state index is 15.3. The molecule has 0 aliphatic heterocycles. The zero-order valence-corrected chi connectivity index (χ0v) is 21.0. The summed E-state index contributed by atoms with van der Waals surface area (Å²) in [5.74, 6) is -4.64. The van der Waals surface area contributed by atoms with E-state index in [0.29, 0.717) is 30.6 Å². The fraction of sp³-hybridized carbons (Fsp3) is 0.667. The number of alkyl halides is 2. The fourth-order valence-electron chi connectivity index (χ4n) is 6.78. The molecule has 3 aliphatic carbocycles. The maximum Gasteiger partial charge on any atom is 0.251 e. The molecule has 3 saturated carbocycles. The summed E-state index contributed by atoms with van der Waals surface area (Å²) in [7, 11) is 0. The normalized spacial score (nSPS) is 33.5. The second-order valence-electron chi connectivity index (χ2n) is 11.0. The van der Waals surface area contributed by atoms with Gasteiger partial charge in [0, 0.05) is 12.3 Å². The van der Waals surface area contributed by atoms with Gasteiger partial charge in [-0.05, 0) is 112 Å². The second kappa shape index (κ2) is 11.5. The molecule has 35 heavy (non-hydrogen) atoms. The molecule has 0 aromatic heterocycles. The highest BCUT2D eigenvalue weighted by Gasteiger charge is 2.49. The minimum Gasteiger partial charge on any atom is -0.491 e. The van der Waals surface area contributed by atoms with Crippen LogP contribution in [0.4, 0.5) is 17.6 Å². The van der Waals surface area contributed by atoms with Crippen molar-refractivity contribution in [3.8, 4) is 5.75 Å². The van der Waals surface area contributed by atoms with Crippen molar-refractivity contribution in [3.63, 3.8) is 0 Å². The monoisotopic (exact) mass is 492 g/mol. The van der Waals surface area contributed by atoms with Crippen LogP contribution in [-0.4, -0.2) is 12.5 Å². The predicted octanol–water partition coefficient (Wildman–Crippen LogP) is 9.24. The number of hydrogen-bond donors (Lipinski definition) is 0. The molecular weight excluding hydrogens is 452 g/mol. The molecule has 4 rings (SSSR count). The smallest absolute Gasteiger partial charge is 0.251 e. The van der Waals surface area contributed by atoms with Gasteiger partial charge in [-0.2, -0.15) is 4.39 Å². The zero-order chi connectivity index (χ0) is 25.0. The summed E-state index contributed by atoms with van der Waals surface area (Å²) < 4.78 is 64.7. The van der Waals surface area contributed by atoms with Crippen molar-refractivity contribution in [2.24, 2.45) is 29.6 Å². The Morgan fingerprint density at radius 3 is 2.03 bits per heavy atom. The molecule has 5 heteroatoms. The average molecular weight is 493 g/mol. The molecule has 1 aromatic rings. The van der Waals surface area contributed by atoms with Crippen LogP contribution < -0.4 is 4.74 Å². The first-order valence-corrected chi connectivity index (χ1v) is 13.6. The standard InChI is InChI=1S/C30H40F4O/c1-3-20-5-7-21(8-6-20)9-10-22-11-13-23(14-12-22)26-17-15-24(19-30(26,33)34)25-16-18-27(35-4-2)29(32)28(25)31/h3,9-10,16,18,20-24,26H,1,4-8,11-15,17,19H2,2H3/b10-9+. The van der Waals surface area contributed by atoms with E-state index >= 15 is 8.78 Å². The third-order valence-electron chi connectivity index (χ3n) is 8.89. The molecule has 0 heterocycles. The summed E-state index contributed by atoms with van der Waals surface area (Å²) >= 11 is 0.